The molecule has 2 aliphatic rings. The van der Waals surface area contributed by atoms with Crippen molar-refractivity contribution in [3.63, 3.8) is 0 Å². The number of nitrogens with two attached hydrogens (primary N) is 1. The molecule has 0 saturated carbocycles. The fourth-order valence-electron chi connectivity index (χ4n) is 9.62. The number of aliphatic carboxylic acids is 1. The van der Waals surface area contributed by atoms with Crippen LogP contribution in [-0.2, 0) is 67.2 Å². The summed E-state index contributed by atoms with van der Waals surface area (Å²) in [6, 6.07) is 8.31. The standard InChI is InChI=1S/C58H78N10O18S3/c1-29(70)45-56(83)66-42(55(82)68-46(30(2)71)57(84)85)28-89-88-27-41(65-51(78)38(22-31-10-4-3-5-11-31)61-44(73)19-21-87-58-49(76)48(75)47(74)43(26-69)86-58)54(81)63-39(23-32-15-17-34(72)18-16-32)52(79)64-40(24-33-25-60-36-13-7-6-12-35(33)36)53(80)62-37(50(77)67-45)14-8-9-20-59/h3-7,10-13,15-18,25,29-30,37-43,45-49,58,60,69-72,74-76H,8-9,14,19-24,26-28,59H2,1-2H3,(H,61,73)(H,62,80)(H,63,81)(H,64,79)(H,65,78)(H,66,83)(H,67,77)(H,68,82)(H,84,85)/t29-,30-,37+,38-,39+,40-,41+,42+,43-,45+,46-,47+,48+,49-,58+/m1/s1. The van der Waals surface area contributed by atoms with Crippen LogP contribution in [0.1, 0.15) is 56.2 Å². The van der Waals surface area contributed by atoms with Crippen molar-refractivity contribution in [1.82, 2.24) is 47.5 Å². The number of nitrogens with one attached hydrogen (secondary N) is 9. The Morgan fingerprint density at radius 3 is 2.03 bits per heavy atom. The number of carbonyl (C=O) groups excluding carboxylic acids is 8. The highest BCUT2D eigenvalue weighted by Crippen LogP contribution is 2.29. The SMILES string of the molecule is C[C@@H](O)[C@@H]1NC(=O)[C@H](CCCCN)NC(=O)[C@@H](Cc2c[nH]c3ccccc23)NC(=O)[C@H](Cc2ccc(O)cc2)NC(=O)[C@@H](NC(=O)[C@@H](Cc2ccccc2)NC(=O)CCS[C@@H]2O[C@H](CO)[C@H](O)[C@H](O)[C@H]2O)CSSC[C@@H](C(=O)N[C@@H](C(=O)O)[C@@H](C)O)NC1=O. The highest BCUT2D eigenvalue weighted by Gasteiger charge is 2.44. The zero-order valence-electron chi connectivity index (χ0n) is 48.7. The van der Waals surface area contributed by atoms with Crippen LogP contribution >= 0.6 is 33.3 Å². The Hall–Kier alpha value is -7.04. The van der Waals surface area contributed by atoms with Gasteiger partial charge in [-0.05, 0) is 74.5 Å². The first-order valence-corrected chi connectivity index (χ1v) is 32.3. The normalized spacial score (nSPS) is 25.7. The highest BCUT2D eigenvalue weighted by atomic mass is 33.1. The Balaban J connectivity index is 1.39. The summed E-state index contributed by atoms with van der Waals surface area (Å²) in [5.74, 6) is -10.3. The van der Waals surface area contributed by atoms with E-state index in [0.29, 0.717) is 34.0 Å². The molecule has 3 heterocycles. The van der Waals surface area contributed by atoms with E-state index in [9.17, 15) is 74.4 Å². The average Bonchev–Trinajstić information content (AvgIpc) is 2.98. The van der Waals surface area contributed by atoms with Crippen LogP contribution in [0.3, 0.4) is 0 Å². The number of carbonyl (C=O) groups is 9. The molecule has 0 radical (unpaired) electrons. The van der Waals surface area contributed by atoms with Gasteiger partial charge < -0.3 is 98.8 Å². The molecule has 15 atom stereocenters. The van der Waals surface area contributed by atoms with Crippen molar-refractivity contribution in [3.8, 4) is 5.75 Å². The van der Waals surface area contributed by atoms with Crippen LogP contribution in [0.25, 0.3) is 10.9 Å². The lowest BCUT2D eigenvalue weighted by Gasteiger charge is -2.39. The van der Waals surface area contributed by atoms with E-state index in [4.69, 9.17) is 10.5 Å². The molecule has 0 aliphatic carbocycles. The van der Waals surface area contributed by atoms with Crippen LogP contribution in [0.2, 0.25) is 0 Å². The minimum Gasteiger partial charge on any atom is -0.508 e. The number of ether oxygens (including phenoxy) is 1. The number of carboxylic acid groups (broad SMARTS) is 1. The van der Waals surface area contributed by atoms with Crippen LogP contribution in [0.4, 0.5) is 0 Å². The van der Waals surface area contributed by atoms with E-state index in [2.05, 4.69) is 47.5 Å². The van der Waals surface area contributed by atoms with E-state index in [1.807, 2.05) is 0 Å². The number of hydrogen-bond acceptors (Lipinski definition) is 21. The Labute approximate surface area is 524 Å². The predicted molar refractivity (Wildman–Crippen MR) is 329 cm³/mol. The molecule has 3 aromatic carbocycles. The third kappa shape index (κ3) is 21.0. The zero-order chi connectivity index (χ0) is 64.9. The van der Waals surface area contributed by atoms with Crippen molar-refractivity contribution in [2.75, 3.05) is 30.4 Å². The number of amides is 8. The fourth-order valence-corrected chi connectivity index (χ4v) is 13.1. The van der Waals surface area contributed by atoms with Crippen molar-refractivity contribution in [2.24, 2.45) is 5.73 Å². The molecule has 8 amide bonds. The van der Waals surface area contributed by atoms with Crippen LogP contribution in [0, 0.1) is 0 Å². The Morgan fingerprint density at radius 1 is 0.730 bits per heavy atom. The average molecular weight is 1300 g/mol. The predicted octanol–water partition coefficient (Wildman–Crippen LogP) is -2.93. The molecule has 2 fully saturated rings. The molecule has 89 heavy (non-hydrogen) atoms. The second-order valence-corrected chi connectivity index (χ2v) is 25.3. The van der Waals surface area contributed by atoms with Gasteiger partial charge in [0.1, 0.15) is 77.9 Å². The van der Waals surface area contributed by atoms with Gasteiger partial charge in [-0.15, -0.1) is 11.8 Å². The van der Waals surface area contributed by atoms with Gasteiger partial charge in [-0.1, -0.05) is 82.3 Å². The van der Waals surface area contributed by atoms with E-state index < -0.39 is 162 Å². The molecule has 2 saturated heterocycles. The molecule has 0 spiro atoms. The van der Waals surface area contributed by atoms with Crippen molar-refractivity contribution in [1.29, 1.82) is 0 Å². The summed E-state index contributed by atoms with van der Waals surface area (Å²) in [6.07, 6.45) is -8.09. The molecule has 4 aromatic rings. The second-order valence-electron chi connectivity index (χ2n) is 21.5. The molecule has 28 nitrogen and oxygen atoms in total. The number of phenols is 1. The second kappa shape index (κ2) is 34.8. The van der Waals surface area contributed by atoms with Crippen molar-refractivity contribution in [3.05, 3.63) is 102 Å². The molecule has 19 N–H and O–H groups in total. The number of unbranched alkanes of at least 4 members (excludes halogenated alkanes) is 1. The quantitative estimate of drug-likeness (QED) is 0.0261. The molecule has 0 bridgehead atoms. The van der Waals surface area contributed by atoms with Crippen LogP contribution in [-0.4, -0.2) is 220 Å². The number of carboxylic acids is 1. The molecule has 0 unspecified atom stereocenters. The van der Waals surface area contributed by atoms with Crippen LogP contribution in [0.15, 0.2) is 85.1 Å². The summed E-state index contributed by atoms with van der Waals surface area (Å²) in [4.78, 5) is 131. The van der Waals surface area contributed by atoms with Gasteiger partial charge >= 0.3 is 5.97 Å². The molecule has 6 rings (SSSR count). The smallest absolute Gasteiger partial charge is 0.328 e. The van der Waals surface area contributed by atoms with Gasteiger partial charge in [-0.3, -0.25) is 38.4 Å². The topological polar surface area (TPSA) is 463 Å². The van der Waals surface area contributed by atoms with E-state index in [1.165, 1.54) is 31.2 Å². The molecular formula is C58H78N10O18S3. The van der Waals surface area contributed by atoms with Crippen LogP contribution in [0.5, 0.6) is 5.75 Å². The van der Waals surface area contributed by atoms with Crippen molar-refractivity contribution < 1.29 is 88.7 Å². The maximum absolute atomic E-state index is 15.1. The first-order valence-electron chi connectivity index (χ1n) is 28.7. The monoisotopic (exact) mass is 1300 g/mol. The van der Waals surface area contributed by atoms with E-state index in [-0.39, 0.29) is 56.6 Å². The molecule has 2 aliphatic heterocycles. The van der Waals surface area contributed by atoms with Crippen LogP contribution < -0.4 is 48.3 Å². The van der Waals surface area contributed by atoms with Gasteiger partial charge in [-0.2, -0.15) is 0 Å². The van der Waals surface area contributed by atoms with Gasteiger partial charge in [0.25, 0.3) is 0 Å². The first kappa shape index (κ1) is 71.0. The number of aromatic amines is 1. The minimum absolute atomic E-state index is 0.0545. The first-order chi connectivity index (χ1) is 42.5. The number of thioether (sulfide) groups is 1. The van der Waals surface area contributed by atoms with E-state index in [1.54, 1.807) is 60.8 Å². The maximum Gasteiger partial charge on any atom is 0.328 e. The van der Waals surface area contributed by atoms with Gasteiger partial charge in [0.2, 0.25) is 47.3 Å². The summed E-state index contributed by atoms with van der Waals surface area (Å²) < 4.78 is 5.55. The number of aliphatic hydroxyl groups is 6. The zero-order valence-corrected chi connectivity index (χ0v) is 51.1. The summed E-state index contributed by atoms with van der Waals surface area (Å²) in [5.41, 5.74) is 6.85. The van der Waals surface area contributed by atoms with Gasteiger partial charge in [0, 0.05) is 60.0 Å². The maximum atomic E-state index is 15.1. The number of H-pyrrole nitrogens is 1. The van der Waals surface area contributed by atoms with Gasteiger partial charge in [0.05, 0.1) is 18.8 Å². The Bertz CT molecular complexity index is 3040. The summed E-state index contributed by atoms with van der Waals surface area (Å²) >= 11 is 0.903. The molecule has 31 heteroatoms. The van der Waals surface area contributed by atoms with Crippen molar-refractivity contribution >= 4 is 97.5 Å². The number of para-hydroxylation sites is 1. The number of aromatic nitrogens is 1. The highest BCUT2D eigenvalue weighted by molar-refractivity contribution is 8.76. The summed E-state index contributed by atoms with van der Waals surface area (Å²) in [5, 5.41) is 103. The lowest BCUT2D eigenvalue weighted by molar-refractivity contribution is -0.205. The number of rotatable bonds is 23. The molecular weight excluding hydrogens is 1220 g/mol. The van der Waals surface area contributed by atoms with E-state index in [0.717, 1.165) is 40.3 Å². The third-order valence-corrected chi connectivity index (χ3v) is 18.2. The Morgan fingerprint density at radius 2 is 1.37 bits per heavy atom. The van der Waals surface area contributed by atoms with Gasteiger partial charge in [0.15, 0.2) is 6.04 Å². The number of fused-ring (bicyclic) bond motifs is 1. The lowest BCUT2D eigenvalue weighted by atomic mass is 10.0. The third-order valence-electron chi connectivity index (χ3n) is 14.6. The largest absolute Gasteiger partial charge is 0.508 e. The van der Waals surface area contributed by atoms with E-state index >= 15 is 9.59 Å². The Kier molecular flexibility index (Phi) is 27.8. The number of phenolic OH excluding ortho intramolecular Hbond substituents is 1. The lowest BCUT2D eigenvalue weighted by Crippen LogP contribution is -2.62. The number of hydrogen-bond donors (Lipinski definition) is 18. The molecule has 1 aromatic heterocycles. The minimum atomic E-state index is -1.89. The number of benzene rings is 3. The number of aliphatic hydroxyl groups excluding tert-OH is 6. The molecule has 486 valence electrons. The summed E-state index contributed by atoms with van der Waals surface area (Å²) in [7, 11) is 1.69. The van der Waals surface area contributed by atoms with Crippen molar-refractivity contribution in [2.45, 2.75) is 149 Å². The summed E-state index contributed by atoms with van der Waals surface area (Å²) in [6.45, 7) is 1.79. The fraction of sp³-hybridized carbons (Fsp3) is 0.500. The van der Waals surface area contributed by atoms with Gasteiger partial charge in [-0.25, -0.2) is 4.79 Å². The number of aromatic hydroxyl groups is 1.